The van der Waals surface area contributed by atoms with Gasteiger partial charge in [0.2, 0.25) is 11.8 Å². The van der Waals surface area contributed by atoms with E-state index in [1.165, 1.54) is 6.42 Å². The predicted molar refractivity (Wildman–Crippen MR) is 141 cm³/mol. The van der Waals surface area contributed by atoms with Crippen LogP contribution in [-0.2, 0) is 29.0 Å². The Labute approximate surface area is 213 Å². The molecule has 1 aliphatic rings. The molecule has 4 nitrogen and oxygen atoms in total. The minimum atomic E-state index is -0.633. The zero-order valence-corrected chi connectivity index (χ0v) is 20.8. The third kappa shape index (κ3) is 7.19. The van der Waals surface area contributed by atoms with Gasteiger partial charge in [-0.25, -0.2) is 0 Å². The second-order valence-electron chi connectivity index (χ2n) is 9.32. The summed E-state index contributed by atoms with van der Waals surface area (Å²) in [6.45, 7) is 0.279. The monoisotopic (exact) mass is 488 g/mol. The number of carbonyl (C=O) groups is 2. The van der Waals surface area contributed by atoms with Gasteiger partial charge in [0.25, 0.3) is 0 Å². The highest BCUT2D eigenvalue weighted by Crippen LogP contribution is 2.23. The van der Waals surface area contributed by atoms with Gasteiger partial charge in [-0.15, -0.1) is 0 Å². The molecular formula is C30H33ClN2O2. The lowest BCUT2D eigenvalue weighted by atomic mass is 9.94. The van der Waals surface area contributed by atoms with Crippen LogP contribution in [0.1, 0.15) is 48.8 Å². The molecule has 0 bridgehead atoms. The van der Waals surface area contributed by atoms with Crippen molar-refractivity contribution >= 4 is 23.4 Å². The lowest BCUT2D eigenvalue weighted by molar-refractivity contribution is -0.141. The van der Waals surface area contributed by atoms with Crippen LogP contribution in [0.4, 0.5) is 0 Å². The number of benzene rings is 3. The van der Waals surface area contributed by atoms with Crippen molar-refractivity contribution in [2.75, 3.05) is 0 Å². The van der Waals surface area contributed by atoms with Crippen molar-refractivity contribution < 1.29 is 9.59 Å². The summed E-state index contributed by atoms with van der Waals surface area (Å²) in [5.74, 6) is -0.176. The Balaban J connectivity index is 1.65. The van der Waals surface area contributed by atoms with E-state index in [0.717, 1.165) is 42.4 Å². The molecule has 1 unspecified atom stereocenters. The second-order valence-corrected chi connectivity index (χ2v) is 9.73. The highest BCUT2D eigenvalue weighted by atomic mass is 35.5. The summed E-state index contributed by atoms with van der Waals surface area (Å²) in [4.78, 5) is 29.2. The first-order chi connectivity index (χ1) is 17.1. The van der Waals surface area contributed by atoms with Crippen LogP contribution in [0.15, 0.2) is 84.9 Å². The molecule has 182 valence electrons. The minimum absolute atomic E-state index is 0.0872. The van der Waals surface area contributed by atoms with Crippen molar-refractivity contribution in [3.8, 4) is 0 Å². The van der Waals surface area contributed by atoms with Crippen molar-refractivity contribution in [1.29, 1.82) is 0 Å². The number of nitrogens with zero attached hydrogens (tertiary/aromatic N) is 1. The maximum atomic E-state index is 13.8. The molecule has 0 saturated heterocycles. The summed E-state index contributed by atoms with van der Waals surface area (Å²) >= 11 is 6.49. The lowest BCUT2D eigenvalue weighted by Gasteiger charge is -2.33. The van der Waals surface area contributed by atoms with E-state index >= 15 is 0 Å². The molecule has 1 atom stereocenters. The van der Waals surface area contributed by atoms with Gasteiger partial charge in [-0.1, -0.05) is 110 Å². The van der Waals surface area contributed by atoms with Crippen molar-refractivity contribution in [1.82, 2.24) is 10.2 Å². The van der Waals surface area contributed by atoms with E-state index in [1.54, 1.807) is 4.90 Å². The molecule has 3 aromatic rings. The van der Waals surface area contributed by atoms with Gasteiger partial charge in [0, 0.05) is 24.0 Å². The fourth-order valence-electron chi connectivity index (χ4n) is 4.78. The van der Waals surface area contributed by atoms with Gasteiger partial charge < -0.3 is 10.2 Å². The van der Waals surface area contributed by atoms with Gasteiger partial charge in [-0.3, -0.25) is 9.59 Å². The standard InChI is InChI=1S/C30H33ClN2O2/c31-27-19-11-10-16-25(27)22-33(29(34)21-24-14-6-2-7-15-24)28(20-23-12-4-1-5-13-23)30(35)32-26-17-8-3-9-18-26/h1-2,4-7,10-16,19,26,28H,3,8-9,17-18,20-22H2,(H,32,35). The number of hydrogen-bond acceptors (Lipinski definition) is 2. The Bertz CT molecular complexity index is 1100. The third-order valence-electron chi connectivity index (χ3n) is 6.72. The topological polar surface area (TPSA) is 49.4 Å². The Morgan fingerprint density at radius 2 is 1.43 bits per heavy atom. The zero-order chi connectivity index (χ0) is 24.5. The molecular weight excluding hydrogens is 456 g/mol. The van der Waals surface area contributed by atoms with E-state index in [4.69, 9.17) is 11.6 Å². The van der Waals surface area contributed by atoms with E-state index in [2.05, 4.69) is 5.32 Å². The number of rotatable bonds is 9. The van der Waals surface area contributed by atoms with Gasteiger partial charge in [0.05, 0.1) is 6.42 Å². The molecule has 1 saturated carbocycles. The largest absolute Gasteiger partial charge is 0.352 e. The lowest BCUT2D eigenvalue weighted by Crippen LogP contribution is -2.53. The molecule has 3 aromatic carbocycles. The summed E-state index contributed by atoms with van der Waals surface area (Å²) < 4.78 is 0. The van der Waals surface area contributed by atoms with Crippen LogP contribution in [-0.4, -0.2) is 28.8 Å². The van der Waals surface area contributed by atoms with Crippen molar-refractivity contribution in [2.45, 2.75) is 63.6 Å². The van der Waals surface area contributed by atoms with Gasteiger partial charge in [-0.2, -0.15) is 0 Å². The number of halogens is 1. The number of nitrogens with one attached hydrogen (secondary N) is 1. The molecule has 4 rings (SSSR count). The highest BCUT2D eigenvalue weighted by molar-refractivity contribution is 6.31. The van der Waals surface area contributed by atoms with Crippen LogP contribution >= 0.6 is 11.6 Å². The first kappa shape index (κ1) is 25.0. The summed E-state index contributed by atoms with van der Waals surface area (Å²) in [7, 11) is 0. The second kappa shape index (κ2) is 12.6. The molecule has 1 fully saturated rings. The molecule has 1 N–H and O–H groups in total. The summed E-state index contributed by atoms with van der Waals surface area (Å²) in [5, 5.41) is 3.87. The molecule has 0 aromatic heterocycles. The third-order valence-corrected chi connectivity index (χ3v) is 7.09. The molecule has 1 aliphatic carbocycles. The minimum Gasteiger partial charge on any atom is -0.352 e. The van der Waals surface area contributed by atoms with E-state index < -0.39 is 6.04 Å². The van der Waals surface area contributed by atoms with Gasteiger partial charge in [0.1, 0.15) is 6.04 Å². The highest BCUT2D eigenvalue weighted by Gasteiger charge is 2.32. The van der Waals surface area contributed by atoms with Crippen molar-refractivity contribution in [3.63, 3.8) is 0 Å². The van der Waals surface area contributed by atoms with Crippen LogP contribution in [0.25, 0.3) is 0 Å². The molecule has 2 amide bonds. The average molecular weight is 489 g/mol. The summed E-state index contributed by atoms with van der Waals surface area (Å²) in [6.07, 6.45) is 6.14. The van der Waals surface area contributed by atoms with Crippen LogP contribution in [0, 0.1) is 0 Å². The Morgan fingerprint density at radius 1 is 0.829 bits per heavy atom. The Kier molecular flexibility index (Phi) is 8.96. The Hall–Kier alpha value is -3.11. The maximum absolute atomic E-state index is 13.8. The van der Waals surface area contributed by atoms with Crippen LogP contribution < -0.4 is 5.32 Å². The smallest absolute Gasteiger partial charge is 0.243 e. The first-order valence-electron chi connectivity index (χ1n) is 12.5. The molecule has 35 heavy (non-hydrogen) atoms. The number of carbonyl (C=O) groups excluding carboxylic acids is 2. The quantitative estimate of drug-likeness (QED) is 0.403. The van der Waals surface area contributed by atoms with E-state index in [-0.39, 0.29) is 30.8 Å². The SMILES string of the molecule is O=C(NC1CCCCC1)C(Cc1ccccc1)N(Cc1ccccc1Cl)C(=O)Cc1ccccc1. The molecule has 5 heteroatoms. The van der Waals surface area contributed by atoms with Crippen molar-refractivity contribution in [2.24, 2.45) is 0 Å². The maximum Gasteiger partial charge on any atom is 0.243 e. The van der Waals surface area contributed by atoms with E-state index in [1.807, 2.05) is 84.9 Å². The Morgan fingerprint density at radius 3 is 2.09 bits per heavy atom. The van der Waals surface area contributed by atoms with E-state index in [9.17, 15) is 9.59 Å². The van der Waals surface area contributed by atoms with E-state index in [0.29, 0.717) is 11.4 Å². The summed E-state index contributed by atoms with van der Waals surface area (Å²) in [5.41, 5.74) is 2.78. The zero-order valence-electron chi connectivity index (χ0n) is 20.0. The molecule has 0 radical (unpaired) electrons. The van der Waals surface area contributed by atoms with Crippen LogP contribution in [0.3, 0.4) is 0 Å². The first-order valence-corrected chi connectivity index (χ1v) is 12.9. The van der Waals surface area contributed by atoms with Gasteiger partial charge >= 0.3 is 0 Å². The normalized spacial score (nSPS) is 14.8. The fourth-order valence-corrected chi connectivity index (χ4v) is 4.98. The predicted octanol–water partition coefficient (Wildman–Crippen LogP) is 5.97. The molecule has 0 aliphatic heterocycles. The van der Waals surface area contributed by atoms with Gasteiger partial charge in [0.15, 0.2) is 0 Å². The average Bonchev–Trinajstić information content (AvgIpc) is 2.89. The van der Waals surface area contributed by atoms with Crippen molar-refractivity contribution in [3.05, 3.63) is 107 Å². The molecule has 0 spiro atoms. The number of hydrogen-bond donors (Lipinski definition) is 1. The summed E-state index contributed by atoms with van der Waals surface area (Å²) in [6, 6.07) is 26.7. The number of amides is 2. The van der Waals surface area contributed by atoms with Crippen LogP contribution in [0.2, 0.25) is 5.02 Å². The van der Waals surface area contributed by atoms with Crippen LogP contribution in [0.5, 0.6) is 0 Å². The fraction of sp³-hybridized carbons (Fsp3) is 0.333. The molecule has 0 heterocycles. The van der Waals surface area contributed by atoms with Gasteiger partial charge in [-0.05, 0) is 35.6 Å².